The van der Waals surface area contributed by atoms with Crippen molar-refractivity contribution in [3.63, 3.8) is 0 Å². The first kappa shape index (κ1) is 15.9. The average molecular weight is 287 g/mol. The third-order valence-corrected chi connectivity index (χ3v) is 2.94. The normalized spacial score (nSPS) is 10.8. The quantitative estimate of drug-likeness (QED) is 0.678. The zero-order valence-corrected chi connectivity index (χ0v) is 12.7. The van der Waals surface area contributed by atoms with Gasteiger partial charge in [0.05, 0.1) is 0 Å². The van der Waals surface area contributed by atoms with Gasteiger partial charge in [-0.2, -0.15) is 15.0 Å². The van der Waals surface area contributed by atoms with Gasteiger partial charge in [0.15, 0.2) is 0 Å². The highest BCUT2D eigenvalue weighted by Gasteiger charge is 2.04. The smallest absolute Gasteiger partial charge is 0.228 e. The van der Waals surface area contributed by atoms with E-state index < -0.39 is 0 Å². The zero-order chi connectivity index (χ0) is 14.1. The van der Waals surface area contributed by atoms with Crippen LogP contribution in [0.5, 0.6) is 0 Å². The van der Waals surface area contributed by atoms with Crippen LogP contribution in [-0.4, -0.2) is 52.6 Å². The molecule has 0 saturated carbocycles. The molecule has 6 nitrogen and oxygen atoms in total. The Hall–Kier alpha value is -1.14. The highest BCUT2D eigenvalue weighted by molar-refractivity contribution is 6.28. The molecule has 2 N–H and O–H groups in total. The number of nitrogens with zero attached hydrogens (tertiary/aromatic N) is 4. The maximum atomic E-state index is 5.84. The van der Waals surface area contributed by atoms with E-state index in [4.69, 9.17) is 11.6 Å². The van der Waals surface area contributed by atoms with Gasteiger partial charge < -0.3 is 15.5 Å². The number of hydrogen-bond donors (Lipinski definition) is 2. The van der Waals surface area contributed by atoms with Crippen molar-refractivity contribution in [3.8, 4) is 0 Å². The lowest BCUT2D eigenvalue weighted by Crippen LogP contribution is -2.25. The second kappa shape index (κ2) is 8.87. The molecule has 1 heterocycles. The molecule has 0 fully saturated rings. The van der Waals surface area contributed by atoms with Gasteiger partial charge in [-0.15, -0.1) is 0 Å². The Kier molecular flexibility index (Phi) is 7.43. The molecule has 0 aromatic carbocycles. The van der Waals surface area contributed by atoms with Crippen molar-refractivity contribution in [2.45, 2.75) is 27.2 Å². The van der Waals surface area contributed by atoms with E-state index in [0.717, 1.165) is 39.1 Å². The van der Waals surface area contributed by atoms with Gasteiger partial charge in [0.2, 0.25) is 17.2 Å². The summed E-state index contributed by atoms with van der Waals surface area (Å²) in [4.78, 5) is 14.7. The molecule has 19 heavy (non-hydrogen) atoms. The Morgan fingerprint density at radius 3 is 2.21 bits per heavy atom. The predicted octanol–water partition coefficient (Wildman–Crippen LogP) is 2.10. The minimum atomic E-state index is 0.206. The van der Waals surface area contributed by atoms with Crippen molar-refractivity contribution >= 4 is 23.5 Å². The summed E-state index contributed by atoms with van der Waals surface area (Å²) in [5.74, 6) is 1.03. The number of rotatable bonds is 9. The van der Waals surface area contributed by atoms with Crippen LogP contribution in [0.3, 0.4) is 0 Å². The van der Waals surface area contributed by atoms with E-state index in [1.165, 1.54) is 0 Å². The monoisotopic (exact) mass is 286 g/mol. The Labute approximate surface area is 120 Å². The molecular weight excluding hydrogens is 264 g/mol. The lowest BCUT2D eigenvalue weighted by atomic mass is 10.3. The van der Waals surface area contributed by atoms with Crippen molar-refractivity contribution < 1.29 is 0 Å². The molecule has 1 aromatic heterocycles. The summed E-state index contributed by atoms with van der Waals surface area (Å²) in [6.45, 7) is 11.1. The molecule has 7 heteroatoms. The fourth-order valence-electron chi connectivity index (χ4n) is 1.71. The van der Waals surface area contributed by atoms with E-state index in [2.05, 4.69) is 44.3 Å². The SMILES string of the molecule is CCNc1nc(Cl)nc(NCCCN(CC)CC)n1. The van der Waals surface area contributed by atoms with Gasteiger partial charge in [0.1, 0.15) is 0 Å². The molecule has 108 valence electrons. The van der Waals surface area contributed by atoms with Crippen LogP contribution < -0.4 is 10.6 Å². The van der Waals surface area contributed by atoms with Crippen LogP contribution in [0.25, 0.3) is 0 Å². The summed E-state index contributed by atoms with van der Waals surface area (Å²) >= 11 is 5.84. The summed E-state index contributed by atoms with van der Waals surface area (Å²) in [7, 11) is 0. The van der Waals surface area contributed by atoms with Crippen molar-refractivity contribution in [1.29, 1.82) is 0 Å². The van der Waals surface area contributed by atoms with Gasteiger partial charge in [-0.3, -0.25) is 0 Å². The summed E-state index contributed by atoms with van der Waals surface area (Å²) < 4.78 is 0. The van der Waals surface area contributed by atoms with E-state index in [9.17, 15) is 0 Å². The molecule has 0 radical (unpaired) electrons. The molecule has 0 aliphatic carbocycles. The van der Waals surface area contributed by atoms with Crippen LogP contribution in [0, 0.1) is 0 Å². The molecule has 1 rings (SSSR count). The Balaban J connectivity index is 2.40. The average Bonchev–Trinajstić information content (AvgIpc) is 2.39. The second-order valence-corrected chi connectivity index (χ2v) is 4.43. The molecule has 0 aliphatic rings. The lowest BCUT2D eigenvalue weighted by molar-refractivity contribution is 0.303. The summed E-state index contributed by atoms with van der Waals surface area (Å²) in [6.07, 6.45) is 1.04. The fourth-order valence-corrected chi connectivity index (χ4v) is 1.87. The first-order chi connectivity index (χ1) is 9.19. The second-order valence-electron chi connectivity index (χ2n) is 4.09. The molecule has 0 saturated heterocycles. The molecule has 1 aromatic rings. The van der Waals surface area contributed by atoms with E-state index in [-0.39, 0.29) is 5.28 Å². The van der Waals surface area contributed by atoms with Gasteiger partial charge >= 0.3 is 0 Å². The summed E-state index contributed by atoms with van der Waals surface area (Å²) in [5, 5.41) is 6.40. The van der Waals surface area contributed by atoms with Crippen molar-refractivity contribution in [2.24, 2.45) is 0 Å². The largest absolute Gasteiger partial charge is 0.354 e. The first-order valence-electron chi connectivity index (χ1n) is 6.81. The number of aromatic nitrogens is 3. The molecule has 0 bridgehead atoms. The van der Waals surface area contributed by atoms with E-state index in [1.54, 1.807) is 0 Å². The lowest BCUT2D eigenvalue weighted by Gasteiger charge is -2.17. The van der Waals surface area contributed by atoms with Crippen LogP contribution >= 0.6 is 11.6 Å². The minimum absolute atomic E-state index is 0.206. The number of nitrogens with one attached hydrogen (secondary N) is 2. The zero-order valence-electron chi connectivity index (χ0n) is 11.9. The predicted molar refractivity (Wildman–Crippen MR) is 79.9 cm³/mol. The fraction of sp³-hybridized carbons (Fsp3) is 0.750. The Morgan fingerprint density at radius 2 is 1.63 bits per heavy atom. The van der Waals surface area contributed by atoms with E-state index in [0.29, 0.717) is 11.9 Å². The number of halogens is 1. The van der Waals surface area contributed by atoms with Gasteiger partial charge in [-0.25, -0.2) is 0 Å². The van der Waals surface area contributed by atoms with Gasteiger partial charge in [-0.05, 0) is 44.6 Å². The molecule has 0 unspecified atom stereocenters. The van der Waals surface area contributed by atoms with Gasteiger partial charge in [0.25, 0.3) is 0 Å². The molecule has 0 atom stereocenters. The minimum Gasteiger partial charge on any atom is -0.354 e. The summed E-state index contributed by atoms with van der Waals surface area (Å²) in [5.41, 5.74) is 0. The van der Waals surface area contributed by atoms with Crippen LogP contribution in [0.15, 0.2) is 0 Å². The highest BCUT2D eigenvalue weighted by Crippen LogP contribution is 2.09. The maximum absolute atomic E-state index is 5.84. The van der Waals surface area contributed by atoms with Crippen molar-refractivity contribution in [2.75, 3.05) is 43.4 Å². The van der Waals surface area contributed by atoms with Gasteiger partial charge in [0, 0.05) is 13.1 Å². The molecular formula is C12H23ClN6. The van der Waals surface area contributed by atoms with Crippen molar-refractivity contribution in [1.82, 2.24) is 19.9 Å². The van der Waals surface area contributed by atoms with Crippen LogP contribution in [0.4, 0.5) is 11.9 Å². The highest BCUT2D eigenvalue weighted by atomic mass is 35.5. The van der Waals surface area contributed by atoms with Crippen molar-refractivity contribution in [3.05, 3.63) is 5.28 Å². The third-order valence-electron chi connectivity index (χ3n) is 2.77. The standard InChI is InChI=1S/C12H23ClN6/c1-4-14-11-16-10(13)17-12(18-11)15-8-7-9-19(5-2)6-3/h4-9H2,1-3H3,(H2,14,15,16,17,18). The maximum Gasteiger partial charge on any atom is 0.228 e. The molecule has 0 aliphatic heterocycles. The number of anilines is 2. The third kappa shape index (κ3) is 6.02. The van der Waals surface area contributed by atoms with Gasteiger partial charge in [-0.1, -0.05) is 13.8 Å². The van der Waals surface area contributed by atoms with Crippen LogP contribution in [-0.2, 0) is 0 Å². The molecule has 0 amide bonds. The Bertz CT molecular complexity index is 369. The topological polar surface area (TPSA) is 66.0 Å². The van der Waals surface area contributed by atoms with E-state index >= 15 is 0 Å². The summed E-state index contributed by atoms with van der Waals surface area (Å²) in [6, 6.07) is 0. The molecule has 0 spiro atoms. The van der Waals surface area contributed by atoms with E-state index in [1.807, 2.05) is 6.92 Å². The number of hydrogen-bond acceptors (Lipinski definition) is 6. The van der Waals surface area contributed by atoms with Crippen LogP contribution in [0.2, 0.25) is 5.28 Å². The first-order valence-corrected chi connectivity index (χ1v) is 7.19. The Morgan fingerprint density at radius 1 is 1.00 bits per heavy atom. The van der Waals surface area contributed by atoms with Crippen LogP contribution in [0.1, 0.15) is 27.2 Å².